The third kappa shape index (κ3) is 1.60. The second-order valence-corrected chi connectivity index (χ2v) is 5.81. The van der Waals surface area contributed by atoms with Crippen LogP contribution in [0.1, 0.15) is 0 Å². The van der Waals surface area contributed by atoms with Gasteiger partial charge in [0.25, 0.3) is 0 Å². The van der Waals surface area contributed by atoms with Gasteiger partial charge in [0.1, 0.15) is 11.2 Å². The summed E-state index contributed by atoms with van der Waals surface area (Å²) >= 11 is 9.74. The van der Waals surface area contributed by atoms with E-state index in [0.717, 1.165) is 37.2 Å². The number of rotatable bonds is 0. The minimum absolute atomic E-state index is 0.715. The Labute approximate surface area is 122 Å². The van der Waals surface area contributed by atoms with Crippen LogP contribution in [0.2, 0.25) is 5.02 Å². The van der Waals surface area contributed by atoms with Crippen molar-refractivity contribution in [1.29, 1.82) is 0 Å². The van der Waals surface area contributed by atoms with Crippen LogP contribution in [0.15, 0.2) is 57.4 Å². The molecule has 19 heavy (non-hydrogen) atoms. The summed E-state index contributed by atoms with van der Waals surface area (Å²) in [6, 6.07) is 16.0. The van der Waals surface area contributed by atoms with Crippen LogP contribution in [0.4, 0.5) is 0 Å². The Morgan fingerprint density at radius 2 is 1.63 bits per heavy atom. The van der Waals surface area contributed by atoms with Gasteiger partial charge in [-0.25, -0.2) is 0 Å². The van der Waals surface area contributed by atoms with E-state index in [1.807, 2.05) is 36.4 Å². The van der Waals surface area contributed by atoms with Crippen LogP contribution in [0.25, 0.3) is 32.7 Å². The standard InChI is InChI=1S/C16H8BrClO/c17-14-8-13-11-3-1-2-4-15(11)19-16(13)12-7-9(18)5-6-10(12)14/h1-8H. The lowest BCUT2D eigenvalue weighted by Crippen LogP contribution is -1.77. The van der Waals surface area contributed by atoms with Crippen LogP contribution < -0.4 is 0 Å². The van der Waals surface area contributed by atoms with Crippen molar-refractivity contribution < 1.29 is 4.42 Å². The van der Waals surface area contributed by atoms with Gasteiger partial charge < -0.3 is 4.42 Å². The second kappa shape index (κ2) is 3.99. The number of hydrogen-bond donors (Lipinski definition) is 0. The topological polar surface area (TPSA) is 13.1 Å². The molecule has 0 saturated heterocycles. The largest absolute Gasteiger partial charge is 0.455 e. The SMILES string of the molecule is Clc1ccc2c(Br)cc3c4ccccc4oc3c2c1. The Hall–Kier alpha value is -1.51. The predicted molar refractivity (Wildman–Crippen MR) is 83.9 cm³/mol. The Morgan fingerprint density at radius 1 is 0.842 bits per heavy atom. The van der Waals surface area contributed by atoms with Crippen molar-refractivity contribution in [2.24, 2.45) is 0 Å². The fourth-order valence-electron chi connectivity index (χ4n) is 2.53. The molecule has 0 aliphatic carbocycles. The average Bonchev–Trinajstić information content (AvgIpc) is 2.78. The summed E-state index contributed by atoms with van der Waals surface area (Å²) in [5, 5.41) is 5.09. The lowest BCUT2D eigenvalue weighted by Gasteiger charge is -2.02. The molecule has 1 nitrogen and oxygen atoms in total. The molecule has 0 fully saturated rings. The van der Waals surface area contributed by atoms with Gasteiger partial charge in [0.15, 0.2) is 0 Å². The molecule has 0 spiro atoms. The Morgan fingerprint density at radius 3 is 2.53 bits per heavy atom. The molecule has 0 bridgehead atoms. The Balaban J connectivity index is 2.34. The van der Waals surface area contributed by atoms with Gasteiger partial charge in [0.05, 0.1) is 0 Å². The van der Waals surface area contributed by atoms with Gasteiger partial charge in [-0.05, 0) is 29.7 Å². The molecule has 1 aromatic heterocycles. The van der Waals surface area contributed by atoms with Crippen LogP contribution >= 0.6 is 27.5 Å². The zero-order valence-corrected chi connectivity index (χ0v) is 12.1. The van der Waals surface area contributed by atoms with E-state index >= 15 is 0 Å². The molecular weight excluding hydrogens is 324 g/mol. The zero-order chi connectivity index (χ0) is 13.0. The van der Waals surface area contributed by atoms with E-state index in [4.69, 9.17) is 16.0 Å². The van der Waals surface area contributed by atoms with Gasteiger partial charge in [-0.3, -0.25) is 0 Å². The lowest BCUT2D eigenvalue weighted by atomic mass is 10.1. The first-order chi connectivity index (χ1) is 9.24. The van der Waals surface area contributed by atoms with E-state index in [1.54, 1.807) is 0 Å². The van der Waals surface area contributed by atoms with Crippen LogP contribution in [0.3, 0.4) is 0 Å². The van der Waals surface area contributed by atoms with Crippen LogP contribution in [-0.2, 0) is 0 Å². The molecule has 0 amide bonds. The van der Waals surface area contributed by atoms with Gasteiger partial charge in [-0.1, -0.05) is 51.8 Å². The van der Waals surface area contributed by atoms with E-state index in [-0.39, 0.29) is 0 Å². The molecule has 3 heteroatoms. The molecule has 4 rings (SSSR count). The maximum Gasteiger partial charge on any atom is 0.143 e. The first-order valence-corrected chi connectivity index (χ1v) is 7.10. The molecule has 0 atom stereocenters. The fraction of sp³-hybridized carbons (Fsp3) is 0. The van der Waals surface area contributed by atoms with E-state index in [0.29, 0.717) is 5.02 Å². The molecule has 1 heterocycles. The maximum absolute atomic E-state index is 6.11. The summed E-state index contributed by atoms with van der Waals surface area (Å²) in [5.74, 6) is 0. The van der Waals surface area contributed by atoms with E-state index in [9.17, 15) is 0 Å². The van der Waals surface area contributed by atoms with Crippen molar-refractivity contribution in [2.45, 2.75) is 0 Å². The van der Waals surface area contributed by atoms with Gasteiger partial charge in [-0.15, -0.1) is 0 Å². The molecule has 0 radical (unpaired) electrons. The second-order valence-electron chi connectivity index (χ2n) is 4.52. The lowest BCUT2D eigenvalue weighted by molar-refractivity contribution is 0.672. The Kier molecular flexibility index (Phi) is 2.38. The molecular formula is C16H8BrClO. The molecule has 0 saturated carbocycles. The first kappa shape index (κ1) is 11.3. The maximum atomic E-state index is 6.11. The highest BCUT2D eigenvalue weighted by atomic mass is 79.9. The molecule has 92 valence electrons. The number of halogens is 2. The zero-order valence-electron chi connectivity index (χ0n) is 9.78. The highest BCUT2D eigenvalue weighted by molar-refractivity contribution is 9.10. The van der Waals surface area contributed by atoms with E-state index < -0.39 is 0 Å². The third-order valence-electron chi connectivity index (χ3n) is 3.39. The number of hydrogen-bond acceptors (Lipinski definition) is 1. The monoisotopic (exact) mass is 330 g/mol. The molecule has 0 unspecified atom stereocenters. The molecule has 4 aromatic rings. The highest BCUT2D eigenvalue weighted by Gasteiger charge is 2.12. The third-order valence-corrected chi connectivity index (χ3v) is 4.28. The minimum atomic E-state index is 0.715. The van der Waals surface area contributed by atoms with Gasteiger partial charge in [0, 0.05) is 25.7 Å². The highest BCUT2D eigenvalue weighted by Crippen LogP contribution is 2.38. The normalized spacial score (nSPS) is 11.7. The van der Waals surface area contributed by atoms with Gasteiger partial charge in [0.2, 0.25) is 0 Å². The van der Waals surface area contributed by atoms with Gasteiger partial charge >= 0.3 is 0 Å². The van der Waals surface area contributed by atoms with Gasteiger partial charge in [-0.2, -0.15) is 0 Å². The van der Waals surface area contributed by atoms with Crippen molar-refractivity contribution in [2.75, 3.05) is 0 Å². The summed E-state index contributed by atoms with van der Waals surface area (Å²) in [6.07, 6.45) is 0. The summed E-state index contributed by atoms with van der Waals surface area (Å²) in [5.41, 5.74) is 1.79. The van der Waals surface area contributed by atoms with E-state index in [1.165, 1.54) is 0 Å². The van der Waals surface area contributed by atoms with Crippen LogP contribution in [0.5, 0.6) is 0 Å². The number of furan rings is 1. The molecule has 3 aromatic carbocycles. The quantitative estimate of drug-likeness (QED) is 0.376. The molecule has 0 aliphatic rings. The summed E-state index contributed by atoms with van der Waals surface area (Å²) in [6.45, 7) is 0. The fourth-order valence-corrected chi connectivity index (χ4v) is 3.27. The van der Waals surface area contributed by atoms with Crippen LogP contribution in [0, 0.1) is 0 Å². The van der Waals surface area contributed by atoms with Crippen molar-refractivity contribution in [1.82, 2.24) is 0 Å². The number of para-hydroxylation sites is 1. The number of fused-ring (bicyclic) bond motifs is 5. The van der Waals surface area contributed by atoms with Crippen molar-refractivity contribution in [3.63, 3.8) is 0 Å². The minimum Gasteiger partial charge on any atom is -0.455 e. The van der Waals surface area contributed by atoms with Crippen LogP contribution in [-0.4, -0.2) is 0 Å². The van der Waals surface area contributed by atoms with E-state index in [2.05, 4.69) is 28.1 Å². The Bertz CT molecular complexity index is 940. The summed E-state index contributed by atoms with van der Waals surface area (Å²) in [4.78, 5) is 0. The summed E-state index contributed by atoms with van der Waals surface area (Å²) in [7, 11) is 0. The number of benzene rings is 3. The smallest absolute Gasteiger partial charge is 0.143 e. The van der Waals surface area contributed by atoms with Crippen molar-refractivity contribution >= 4 is 60.2 Å². The first-order valence-electron chi connectivity index (χ1n) is 5.93. The molecule has 0 N–H and O–H groups in total. The van der Waals surface area contributed by atoms with Crippen molar-refractivity contribution in [3.05, 3.63) is 58.0 Å². The molecule has 0 aliphatic heterocycles. The average molecular weight is 332 g/mol. The summed E-state index contributed by atoms with van der Waals surface area (Å²) < 4.78 is 7.05. The van der Waals surface area contributed by atoms with Crippen molar-refractivity contribution in [3.8, 4) is 0 Å². The predicted octanol–water partition coefficient (Wildman–Crippen LogP) is 6.16.